The highest BCUT2D eigenvalue weighted by Crippen LogP contribution is 2.30. The molecule has 29 heavy (non-hydrogen) atoms. The van der Waals surface area contributed by atoms with Crippen LogP contribution in [0.2, 0.25) is 0 Å². The Labute approximate surface area is 169 Å². The van der Waals surface area contributed by atoms with Gasteiger partial charge in [0.25, 0.3) is 11.8 Å². The van der Waals surface area contributed by atoms with E-state index >= 15 is 0 Å². The van der Waals surface area contributed by atoms with E-state index in [1.165, 1.54) is 0 Å². The summed E-state index contributed by atoms with van der Waals surface area (Å²) in [4.78, 5) is 25.3. The monoisotopic (exact) mass is 396 g/mol. The van der Waals surface area contributed by atoms with Crippen LogP contribution in [0.1, 0.15) is 23.4 Å². The molecule has 1 amide bonds. The summed E-state index contributed by atoms with van der Waals surface area (Å²) in [6, 6.07) is 7.35. The van der Waals surface area contributed by atoms with Gasteiger partial charge in [-0.15, -0.1) is 0 Å². The fourth-order valence-electron chi connectivity index (χ4n) is 3.54. The van der Waals surface area contributed by atoms with E-state index in [4.69, 9.17) is 13.9 Å². The zero-order valence-corrected chi connectivity index (χ0v) is 16.8. The third kappa shape index (κ3) is 3.83. The molecule has 1 atom stereocenters. The highest BCUT2D eigenvalue weighted by molar-refractivity contribution is 5.97. The number of nitrogens with zero attached hydrogens (tertiary/aromatic N) is 4. The Morgan fingerprint density at radius 2 is 2.10 bits per heavy atom. The Bertz CT molecular complexity index is 1020. The maximum Gasteiger partial charge on any atom is 0.289 e. The van der Waals surface area contributed by atoms with Gasteiger partial charge in [0.2, 0.25) is 0 Å². The topological polar surface area (TPSA) is 80.9 Å². The Balaban J connectivity index is 1.51. The van der Waals surface area contributed by atoms with Crippen molar-refractivity contribution in [2.45, 2.75) is 18.9 Å². The Kier molecular flexibility index (Phi) is 5.24. The van der Waals surface area contributed by atoms with Crippen LogP contribution >= 0.6 is 0 Å². The molecule has 8 heteroatoms. The largest absolute Gasteiger partial charge is 0.493 e. The molecule has 1 fully saturated rings. The molecule has 0 bridgehead atoms. The lowest BCUT2D eigenvalue weighted by Crippen LogP contribution is -2.44. The van der Waals surface area contributed by atoms with Crippen LogP contribution in [0.3, 0.4) is 0 Å². The molecule has 0 spiro atoms. The first kappa shape index (κ1) is 19.0. The summed E-state index contributed by atoms with van der Waals surface area (Å²) in [6.07, 6.45) is 4.78. The van der Waals surface area contributed by atoms with E-state index in [-0.39, 0.29) is 12.0 Å². The molecule has 8 nitrogen and oxygen atoms in total. The SMILES string of the molecule is COc1cccc2cc(C(=O)N3CCCC(Oc4nccnc4N(C)C)C3)oc12. The summed E-state index contributed by atoms with van der Waals surface area (Å²) >= 11 is 0. The number of piperidine rings is 1. The van der Waals surface area contributed by atoms with Gasteiger partial charge in [0.1, 0.15) is 6.10 Å². The highest BCUT2D eigenvalue weighted by Gasteiger charge is 2.29. The molecule has 0 N–H and O–H groups in total. The van der Waals surface area contributed by atoms with Gasteiger partial charge in [-0.3, -0.25) is 4.79 Å². The van der Waals surface area contributed by atoms with E-state index in [0.717, 1.165) is 18.2 Å². The number of likely N-dealkylation sites (tertiary alicyclic amines) is 1. The number of para-hydroxylation sites is 1. The van der Waals surface area contributed by atoms with Crippen LogP contribution < -0.4 is 14.4 Å². The fraction of sp³-hybridized carbons (Fsp3) is 0.381. The normalized spacial score (nSPS) is 16.7. The standard InChI is InChI=1S/C21H24N4O4/c1-24(2)19-20(23-10-9-22-19)28-15-7-5-11-25(13-15)21(26)17-12-14-6-4-8-16(27-3)18(14)29-17/h4,6,8-10,12,15H,5,7,11,13H2,1-3H3. The van der Waals surface area contributed by atoms with Gasteiger partial charge in [0, 0.05) is 38.4 Å². The lowest BCUT2D eigenvalue weighted by molar-refractivity contribution is 0.0503. The number of methoxy groups -OCH3 is 1. The number of furan rings is 1. The second kappa shape index (κ2) is 7.98. The van der Waals surface area contributed by atoms with Crippen molar-refractivity contribution in [1.29, 1.82) is 0 Å². The lowest BCUT2D eigenvalue weighted by Gasteiger charge is -2.32. The van der Waals surface area contributed by atoms with Crippen molar-refractivity contribution in [3.8, 4) is 11.6 Å². The average molecular weight is 396 g/mol. The van der Waals surface area contributed by atoms with Gasteiger partial charge in [-0.05, 0) is 25.0 Å². The first-order chi connectivity index (χ1) is 14.1. The van der Waals surface area contributed by atoms with Crippen LogP contribution in [0.25, 0.3) is 11.0 Å². The number of benzene rings is 1. The predicted octanol–water partition coefficient (Wildman–Crippen LogP) is 2.98. The minimum absolute atomic E-state index is 0.150. The summed E-state index contributed by atoms with van der Waals surface area (Å²) in [5, 5.41) is 0.840. The molecule has 1 aromatic carbocycles. The second-order valence-corrected chi connectivity index (χ2v) is 7.20. The number of carbonyl (C=O) groups is 1. The van der Waals surface area contributed by atoms with Crippen LogP contribution in [-0.2, 0) is 0 Å². The summed E-state index contributed by atoms with van der Waals surface area (Å²) in [7, 11) is 5.37. The van der Waals surface area contributed by atoms with Crippen molar-refractivity contribution in [3.63, 3.8) is 0 Å². The number of fused-ring (bicyclic) bond motifs is 1. The predicted molar refractivity (Wildman–Crippen MR) is 109 cm³/mol. The number of aromatic nitrogens is 2. The molecule has 152 valence electrons. The number of rotatable bonds is 5. The third-order valence-corrected chi connectivity index (χ3v) is 4.95. The van der Waals surface area contributed by atoms with Gasteiger partial charge < -0.3 is 23.7 Å². The van der Waals surface area contributed by atoms with Gasteiger partial charge >= 0.3 is 0 Å². The number of ether oxygens (including phenoxy) is 2. The van der Waals surface area contributed by atoms with Crippen LogP contribution in [0.4, 0.5) is 5.82 Å². The van der Waals surface area contributed by atoms with Crippen LogP contribution in [-0.4, -0.2) is 61.2 Å². The van der Waals surface area contributed by atoms with E-state index in [1.54, 1.807) is 30.5 Å². The smallest absolute Gasteiger partial charge is 0.289 e. The number of amides is 1. The zero-order valence-electron chi connectivity index (χ0n) is 16.8. The molecular formula is C21H24N4O4. The minimum atomic E-state index is -0.151. The minimum Gasteiger partial charge on any atom is -0.493 e. The van der Waals surface area contributed by atoms with Gasteiger partial charge in [0.15, 0.2) is 22.9 Å². The molecule has 1 aliphatic rings. The zero-order chi connectivity index (χ0) is 20.4. The molecular weight excluding hydrogens is 372 g/mol. The second-order valence-electron chi connectivity index (χ2n) is 7.20. The van der Waals surface area contributed by atoms with Gasteiger partial charge in [-0.25, -0.2) is 9.97 Å². The summed E-state index contributed by atoms with van der Waals surface area (Å²) in [6.45, 7) is 1.13. The van der Waals surface area contributed by atoms with E-state index in [2.05, 4.69) is 9.97 Å². The van der Waals surface area contributed by atoms with Crippen LogP contribution in [0.5, 0.6) is 11.6 Å². The van der Waals surface area contributed by atoms with Crippen LogP contribution in [0, 0.1) is 0 Å². The Morgan fingerprint density at radius 3 is 2.90 bits per heavy atom. The summed E-state index contributed by atoms with van der Waals surface area (Å²) < 4.78 is 17.2. The molecule has 3 aromatic rings. The van der Waals surface area contributed by atoms with E-state index in [1.807, 2.05) is 37.2 Å². The molecule has 0 aliphatic carbocycles. The molecule has 0 saturated carbocycles. The van der Waals surface area contributed by atoms with Crippen molar-refractivity contribution in [1.82, 2.24) is 14.9 Å². The molecule has 0 radical (unpaired) electrons. The number of hydrogen-bond acceptors (Lipinski definition) is 7. The van der Waals surface area contributed by atoms with Crippen molar-refractivity contribution < 1.29 is 18.7 Å². The van der Waals surface area contributed by atoms with E-state index in [0.29, 0.717) is 41.9 Å². The van der Waals surface area contributed by atoms with Crippen molar-refractivity contribution in [2.24, 2.45) is 0 Å². The maximum atomic E-state index is 13.0. The Hall–Kier alpha value is -3.29. The van der Waals surface area contributed by atoms with Gasteiger partial charge in [-0.1, -0.05) is 12.1 Å². The number of carbonyl (C=O) groups excluding carboxylic acids is 1. The Morgan fingerprint density at radius 1 is 1.28 bits per heavy atom. The quantitative estimate of drug-likeness (QED) is 0.656. The molecule has 3 heterocycles. The maximum absolute atomic E-state index is 13.0. The summed E-state index contributed by atoms with van der Waals surface area (Å²) in [5.74, 6) is 1.91. The molecule has 4 rings (SSSR count). The molecule has 2 aromatic heterocycles. The lowest BCUT2D eigenvalue weighted by atomic mass is 10.1. The number of hydrogen-bond donors (Lipinski definition) is 0. The van der Waals surface area contributed by atoms with Crippen LogP contribution in [0.15, 0.2) is 41.1 Å². The van der Waals surface area contributed by atoms with E-state index < -0.39 is 0 Å². The number of anilines is 1. The average Bonchev–Trinajstić information content (AvgIpc) is 3.18. The van der Waals surface area contributed by atoms with Gasteiger partial charge in [-0.2, -0.15) is 0 Å². The highest BCUT2D eigenvalue weighted by atomic mass is 16.5. The molecule has 1 aliphatic heterocycles. The fourth-order valence-corrected chi connectivity index (χ4v) is 3.54. The van der Waals surface area contributed by atoms with Crippen molar-refractivity contribution in [2.75, 3.05) is 39.2 Å². The first-order valence-corrected chi connectivity index (χ1v) is 9.57. The van der Waals surface area contributed by atoms with E-state index in [9.17, 15) is 4.79 Å². The molecule has 1 unspecified atom stereocenters. The molecule has 1 saturated heterocycles. The van der Waals surface area contributed by atoms with Gasteiger partial charge in [0.05, 0.1) is 13.7 Å². The third-order valence-electron chi connectivity index (χ3n) is 4.95. The summed E-state index contributed by atoms with van der Waals surface area (Å²) in [5.41, 5.74) is 0.582. The van der Waals surface area contributed by atoms with Crippen molar-refractivity contribution >= 4 is 22.7 Å². The first-order valence-electron chi connectivity index (χ1n) is 9.57. The van der Waals surface area contributed by atoms with Crippen molar-refractivity contribution in [3.05, 3.63) is 42.4 Å².